The number of likely N-dealkylation sites (N-methyl/N-ethyl adjacent to an activating group) is 1. The molecule has 3 heteroatoms. The summed E-state index contributed by atoms with van der Waals surface area (Å²) < 4.78 is 5.68. The number of ether oxygens (including phenoxy) is 1. The third-order valence-electron chi connectivity index (χ3n) is 3.90. The van der Waals surface area contributed by atoms with E-state index in [2.05, 4.69) is 43.1 Å². The zero-order chi connectivity index (χ0) is 13.7. The fourth-order valence-electron chi connectivity index (χ4n) is 2.53. The van der Waals surface area contributed by atoms with Crippen molar-refractivity contribution >= 4 is 5.69 Å². The maximum atomic E-state index is 5.98. The molecule has 0 spiro atoms. The predicted molar refractivity (Wildman–Crippen MR) is 80.7 cm³/mol. The summed E-state index contributed by atoms with van der Waals surface area (Å²) in [5.74, 6) is 0. The Balaban J connectivity index is 1.89. The highest BCUT2D eigenvalue weighted by Crippen LogP contribution is 2.19. The summed E-state index contributed by atoms with van der Waals surface area (Å²) in [4.78, 5) is 2.28. The van der Waals surface area contributed by atoms with Crippen LogP contribution in [0, 0.1) is 0 Å². The van der Waals surface area contributed by atoms with Gasteiger partial charge in [-0.05, 0) is 43.4 Å². The summed E-state index contributed by atoms with van der Waals surface area (Å²) in [5, 5.41) is 0. The van der Waals surface area contributed by atoms with Gasteiger partial charge in [-0.2, -0.15) is 0 Å². The predicted octanol–water partition coefficient (Wildman–Crippen LogP) is 2.58. The topological polar surface area (TPSA) is 38.5 Å². The van der Waals surface area contributed by atoms with E-state index in [0.717, 1.165) is 26.0 Å². The Morgan fingerprint density at radius 1 is 1.37 bits per heavy atom. The highest BCUT2D eigenvalue weighted by molar-refractivity contribution is 5.47. The van der Waals surface area contributed by atoms with Crippen LogP contribution in [0.2, 0.25) is 0 Å². The van der Waals surface area contributed by atoms with Gasteiger partial charge in [-0.25, -0.2) is 0 Å². The first kappa shape index (κ1) is 14.4. The molecule has 2 rings (SSSR count). The van der Waals surface area contributed by atoms with E-state index in [1.54, 1.807) is 0 Å². The zero-order valence-electron chi connectivity index (χ0n) is 12.1. The average Bonchev–Trinajstić information content (AvgIpc) is 2.92. The molecule has 1 fully saturated rings. The minimum atomic E-state index is 0.274. The van der Waals surface area contributed by atoms with Crippen molar-refractivity contribution in [1.29, 1.82) is 0 Å². The minimum absolute atomic E-state index is 0.274. The number of hydrogen-bond donors (Lipinski definition) is 1. The van der Waals surface area contributed by atoms with Crippen molar-refractivity contribution in [2.45, 2.75) is 44.8 Å². The largest absolute Gasteiger partial charge is 0.376 e. The number of rotatable bonds is 6. The molecule has 3 nitrogen and oxygen atoms in total. The van der Waals surface area contributed by atoms with E-state index in [0.29, 0.717) is 6.10 Å². The summed E-state index contributed by atoms with van der Waals surface area (Å²) in [6.45, 7) is 4.04. The second-order valence-corrected chi connectivity index (χ2v) is 5.55. The molecular weight excluding hydrogens is 236 g/mol. The van der Waals surface area contributed by atoms with Gasteiger partial charge in [0.1, 0.15) is 0 Å². The Morgan fingerprint density at radius 3 is 2.68 bits per heavy atom. The molecule has 2 N–H and O–H groups in total. The molecule has 2 atom stereocenters. The molecule has 106 valence electrons. The van der Waals surface area contributed by atoms with Crippen LogP contribution < -0.4 is 10.6 Å². The van der Waals surface area contributed by atoms with Gasteiger partial charge in [-0.1, -0.05) is 19.1 Å². The molecule has 0 amide bonds. The van der Waals surface area contributed by atoms with E-state index in [1.165, 1.54) is 24.1 Å². The summed E-state index contributed by atoms with van der Waals surface area (Å²) in [6, 6.07) is 9.03. The third kappa shape index (κ3) is 4.22. The van der Waals surface area contributed by atoms with Gasteiger partial charge in [-0.3, -0.25) is 0 Å². The third-order valence-corrected chi connectivity index (χ3v) is 3.90. The summed E-state index contributed by atoms with van der Waals surface area (Å²) >= 11 is 0. The molecule has 1 aliphatic rings. The second-order valence-electron chi connectivity index (χ2n) is 5.55. The highest BCUT2D eigenvalue weighted by Gasteiger charge is 2.17. The number of nitrogens with two attached hydrogens (primary N) is 1. The normalized spacial score (nSPS) is 20.5. The van der Waals surface area contributed by atoms with E-state index >= 15 is 0 Å². The van der Waals surface area contributed by atoms with E-state index in [4.69, 9.17) is 10.5 Å². The molecular formula is C16H26N2O. The SMILES string of the molecule is CCC(N)Cc1ccc(N(C)CC2CCCO2)cc1. The van der Waals surface area contributed by atoms with E-state index in [-0.39, 0.29) is 6.04 Å². The molecule has 0 aliphatic carbocycles. The van der Waals surface area contributed by atoms with E-state index < -0.39 is 0 Å². The number of nitrogens with zero attached hydrogens (tertiary/aromatic N) is 1. The highest BCUT2D eigenvalue weighted by atomic mass is 16.5. The molecule has 19 heavy (non-hydrogen) atoms. The van der Waals surface area contributed by atoms with Gasteiger partial charge in [-0.15, -0.1) is 0 Å². The van der Waals surface area contributed by atoms with Crippen LogP contribution in [0.15, 0.2) is 24.3 Å². The Kier molecular flexibility index (Phi) is 5.23. The van der Waals surface area contributed by atoms with Crippen LogP contribution in [0.25, 0.3) is 0 Å². The lowest BCUT2D eigenvalue weighted by Gasteiger charge is -2.23. The molecule has 0 saturated carbocycles. The lowest BCUT2D eigenvalue weighted by molar-refractivity contribution is 0.116. The maximum Gasteiger partial charge on any atom is 0.0750 e. The fraction of sp³-hybridized carbons (Fsp3) is 0.625. The van der Waals surface area contributed by atoms with Crippen LogP contribution in [-0.2, 0) is 11.2 Å². The molecule has 0 bridgehead atoms. The first-order chi connectivity index (χ1) is 9.19. The Morgan fingerprint density at radius 2 is 2.11 bits per heavy atom. The molecule has 1 aromatic rings. The van der Waals surface area contributed by atoms with Crippen molar-refractivity contribution in [3.8, 4) is 0 Å². The Labute approximate surface area is 116 Å². The van der Waals surface area contributed by atoms with E-state index in [9.17, 15) is 0 Å². The number of benzene rings is 1. The minimum Gasteiger partial charge on any atom is -0.376 e. The Bertz CT molecular complexity index is 371. The average molecular weight is 262 g/mol. The number of anilines is 1. The first-order valence-corrected chi connectivity index (χ1v) is 7.36. The maximum absolute atomic E-state index is 5.98. The molecule has 1 aliphatic heterocycles. The molecule has 0 radical (unpaired) electrons. The first-order valence-electron chi connectivity index (χ1n) is 7.36. The lowest BCUT2D eigenvalue weighted by atomic mass is 10.0. The molecule has 1 saturated heterocycles. The van der Waals surface area contributed by atoms with Gasteiger partial charge < -0.3 is 15.4 Å². The van der Waals surface area contributed by atoms with E-state index in [1.807, 2.05) is 0 Å². The standard InChI is InChI=1S/C16H26N2O/c1-3-14(17)11-13-6-8-15(9-7-13)18(2)12-16-5-4-10-19-16/h6-9,14,16H,3-5,10-12,17H2,1-2H3. The van der Waals surface area contributed by atoms with Crippen LogP contribution in [0.1, 0.15) is 31.7 Å². The van der Waals surface area contributed by atoms with Crippen molar-refractivity contribution in [3.63, 3.8) is 0 Å². The monoisotopic (exact) mass is 262 g/mol. The summed E-state index contributed by atoms with van der Waals surface area (Å²) in [6.07, 6.45) is 4.78. The van der Waals surface area contributed by atoms with Gasteiger partial charge in [0.15, 0.2) is 0 Å². The van der Waals surface area contributed by atoms with Gasteiger partial charge in [0.25, 0.3) is 0 Å². The number of hydrogen-bond acceptors (Lipinski definition) is 3. The van der Waals surface area contributed by atoms with Crippen LogP contribution in [0.4, 0.5) is 5.69 Å². The summed E-state index contributed by atoms with van der Waals surface area (Å²) in [5.41, 5.74) is 8.56. The van der Waals surface area contributed by atoms with Crippen molar-refractivity contribution in [2.75, 3.05) is 25.1 Å². The van der Waals surface area contributed by atoms with Crippen LogP contribution in [-0.4, -0.2) is 32.3 Å². The second kappa shape index (κ2) is 6.92. The molecule has 1 heterocycles. The fourth-order valence-corrected chi connectivity index (χ4v) is 2.53. The zero-order valence-corrected chi connectivity index (χ0v) is 12.1. The Hall–Kier alpha value is -1.06. The smallest absolute Gasteiger partial charge is 0.0750 e. The van der Waals surface area contributed by atoms with Gasteiger partial charge >= 0.3 is 0 Å². The molecule has 2 unspecified atom stereocenters. The van der Waals surface area contributed by atoms with Crippen molar-refractivity contribution in [3.05, 3.63) is 29.8 Å². The van der Waals surface area contributed by atoms with Crippen molar-refractivity contribution < 1.29 is 4.74 Å². The van der Waals surface area contributed by atoms with Gasteiger partial charge in [0.05, 0.1) is 6.10 Å². The van der Waals surface area contributed by atoms with Crippen molar-refractivity contribution in [2.24, 2.45) is 5.73 Å². The van der Waals surface area contributed by atoms with Crippen LogP contribution in [0.5, 0.6) is 0 Å². The molecule has 0 aromatic heterocycles. The quantitative estimate of drug-likeness (QED) is 0.856. The van der Waals surface area contributed by atoms with Crippen LogP contribution >= 0.6 is 0 Å². The lowest BCUT2D eigenvalue weighted by Crippen LogP contribution is -2.28. The van der Waals surface area contributed by atoms with Crippen molar-refractivity contribution in [1.82, 2.24) is 0 Å². The molecule has 1 aromatic carbocycles. The van der Waals surface area contributed by atoms with Gasteiger partial charge in [0, 0.05) is 31.9 Å². The van der Waals surface area contributed by atoms with Gasteiger partial charge in [0.2, 0.25) is 0 Å². The van der Waals surface area contributed by atoms with Crippen LogP contribution in [0.3, 0.4) is 0 Å². The summed E-state index contributed by atoms with van der Waals surface area (Å²) in [7, 11) is 2.13.